The molecule has 0 fully saturated rings. The third kappa shape index (κ3) is 5.69. The molecule has 0 bridgehead atoms. The predicted molar refractivity (Wildman–Crippen MR) is 140 cm³/mol. The second-order valence-electron chi connectivity index (χ2n) is 8.21. The van der Waals surface area contributed by atoms with E-state index < -0.39 is 0 Å². The van der Waals surface area contributed by atoms with Crippen LogP contribution in [0.3, 0.4) is 0 Å². The van der Waals surface area contributed by atoms with Gasteiger partial charge in [-0.25, -0.2) is 0 Å². The maximum Gasteiger partial charge on any atom is 0.255 e. The summed E-state index contributed by atoms with van der Waals surface area (Å²) in [5.74, 6) is 0.435. The molecule has 34 heavy (non-hydrogen) atoms. The van der Waals surface area contributed by atoms with E-state index in [0.29, 0.717) is 29.5 Å². The first-order chi connectivity index (χ1) is 16.3. The van der Waals surface area contributed by atoms with Gasteiger partial charge in [-0.05, 0) is 62.2 Å². The summed E-state index contributed by atoms with van der Waals surface area (Å²) in [4.78, 5) is 12.9. The molecule has 0 atom stereocenters. The van der Waals surface area contributed by atoms with Crippen LogP contribution in [0.2, 0.25) is 5.02 Å². The summed E-state index contributed by atoms with van der Waals surface area (Å²) in [5.41, 5.74) is 6.34. The Hall–Kier alpha value is -3.09. The van der Waals surface area contributed by atoms with Crippen molar-refractivity contribution < 1.29 is 9.53 Å². The first kappa shape index (κ1) is 24.0. The fourth-order valence-corrected chi connectivity index (χ4v) is 4.43. The number of hydrogen-bond donors (Lipinski definition) is 1. The van der Waals surface area contributed by atoms with Crippen LogP contribution in [0.5, 0.6) is 5.75 Å². The number of nitrogens with zero attached hydrogens (tertiary/aromatic N) is 2. The number of aromatic nitrogens is 2. The van der Waals surface area contributed by atoms with Gasteiger partial charge < -0.3 is 10.1 Å². The van der Waals surface area contributed by atoms with E-state index >= 15 is 0 Å². The number of hydrogen-bond acceptors (Lipinski definition) is 3. The summed E-state index contributed by atoms with van der Waals surface area (Å²) >= 11 is 9.59. The first-order valence-electron chi connectivity index (χ1n) is 10.9. The fraction of sp³-hybridized carbons (Fsp3) is 0.185. The van der Waals surface area contributed by atoms with Crippen LogP contribution in [0.4, 0.5) is 5.69 Å². The van der Waals surface area contributed by atoms with E-state index in [9.17, 15) is 4.79 Å². The van der Waals surface area contributed by atoms with Crippen molar-refractivity contribution in [1.29, 1.82) is 0 Å². The zero-order valence-electron chi connectivity index (χ0n) is 19.2. The summed E-state index contributed by atoms with van der Waals surface area (Å²) in [6, 6.07) is 21.2. The molecule has 1 amide bonds. The number of halogens is 2. The molecule has 4 rings (SSSR count). The molecule has 5 nitrogen and oxygen atoms in total. The predicted octanol–water partition coefficient (Wildman–Crippen LogP) is 7.10. The molecule has 0 saturated carbocycles. The zero-order chi connectivity index (χ0) is 24.2. The number of ether oxygens (including phenoxy) is 1. The lowest BCUT2D eigenvalue weighted by Crippen LogP contribution is -2.13. The van der Waals surface area contributed by atoms with Crippen molar-refractivity contribution in [3.8, 4) is 5.75 Å². The monoisotopic (exact) mass is 537 g/mol. The quantitative estimate of drug-likeness (QED) is 0.273. The van der Waals surface area contributed by atoms with E-state index in [4.69, 9.17) is 16.3 Å². The van der Waals surface area contributed by atoms with Crippen molar-refractivity contribution in [3.05, 3.63) is 110 Å². The molecule has 174 valence electrons. The van der Waals surface area contributed by atoms with Crippen molar-refractivity contribution in [2.75, 3.05) is 5.32 Å². The molecule has 0 aliphatic heterocycles. The van der Waals surface area contributed by atoms with Gasteiger partial charge in [-0.1, -0.05) is 69.5 Å². The summed E-state index contributed by atoms with van der Waals surface area (Å²) in [6.45, 7) is 6.96. The van der Waals surface area contributed by atoms with Crippen molar-refractivity contribution in [2.45, 2.75) is 33.9 Å². The SMILES string of the molecule is Cc1cccc(Cn2nc(C)c(NC(=O)c3ccc(COc4ccc(Br)cc4Cl)cc3)c2C)c1. The van der Waals surface area contributed by atoms with Gasteiger partial charge in [0, 0.05) is 10.0 Å². The minimum Gasteiger partial charge on any atom is -0.487 e. The minimum absolute atomic E-state index is 0.176. The van der Waals surface area contributed by atoms with Gasteiger partial charge in [-0.3, -0.25) is 9.48 Å². The summed E-state index contributed by atoms with van der Waals surface area (Å²) in [6.07, 6.45) is 0. The Kier molecular flexibility index (Phi) is 7.39. The highest BCUT2D eigenvalue weighted by Crippen LogP contribution is 2.28. The largest absolute Gasteiger partial charge is 0.487 e. The molecule has 0 spiro atoms. The number of carbonyl (C=O) groups excluding carboxylic acids is 1. The molecular formula is C27H25BrClN3O2. The Bertz CT molecular complexity index is 1330. The number of benzene rings is 3. The summed E-state index contributed by atoms with van der Waals surface area (Å²) < 4.78 is 8.62. The maximum atomic E-state index is 12.9. The van der Waals surface area contributed by atoms with Crippen LogP contribution >= 0.6 is 27.5 Å². The standard InChI is InChI=1S/C27H25BrClN3O2/c1-17-5-4-6-21(13-17)15-32-19(3)26(18(2)31-32)30-27(33)22-9-7-20(8-10-22)16-34-25-12-11-23(28)14-24(25)29/h4-14H,15-16H2,1-3H3,(H,30,33). The minimum atomic E-state index is -0.176. The number of carbonyl (C=O) groups is 1. The Morgan fingerprint density at radius 3 is 2.50 bits per heavy atom. The van der Waals surface area contributed by atoms with Gasteiger partial charge in [0.25, 0.3) is 5.91 Å². The number of amides is 1. The molecule has 0 aliphatic rings. The summed E-state index contributed by atoms with van der Waals surface area (Å²) in [5, 5.41) is 8.20. The second kappa shape index (κ2) is 10.5. The van der Waals surface area contributed by atoms with Crippen LogP contribution in [0.15, 0.2) is 71.2 Å². The molecule has 0 aliphatic carbocycles. The van der Waals surface area contributed by atoms with Gasteiger partial charge in [-0.15, -0.1) is 0 Å². The topological polar surface area (TPSA) is 56.2 Å². The molecular weight excluding hydrogens is 514 g/mol. The fourth-order valence-electron chi connectivity index (χ4n) is 3.71. The lowest BCUT2D eigenvalue weighted by molar-refractivity contribution is 0.102. The molecule has 0 saturated heterocycles. The van der Waals surface area contributed by atoms with Crippen molar-refractivity contribution >= 4 is 39.1 Å². The summed E-state index contributed by atoms with van der Waals surface area (Å²) in [7, 11) is 0. The molecule has 3 aromatic carbocycles. The van der Waals surface area contributed by atoms with Gasteiger partial charge in [-0.2, -0.15) is 5.10 Å². The smallest absolute Gasteiger partial charge is 0.255 e. The molecule has 1 heterocycles. The Morgan fingerprint density at radius 2 is 1.79 bits per heavy atom. The Morgan fingerprint density at radius 1 is 1.03 bits per heavy atom. The highest BCUT2D eigenvalue weighted by atomic mass is 79.9. The highest BCUT2D eigenvalue weighted by Gasteiger charge is 2.16. The van der Waals surface area contributed by atoms with Gasteiger partial charge in [0.15, 0.2) is 0 Å². The molecule has 1 N–H and O–H groups in total. The highest BCUT2D eigenvalue weighted by molar-refractivity contribution is 9.10. The normalized spacial score (nSPS) is 10.9. The molecule has 1 aromatic heterocycles. The molecule has 7 heteroatoms. The third-order valence-corrected chi connectivity index (χ3v) is 6.33. The number of nitrogens with one attached hydrogen (secondary N) is 1. The van der Waals surface area contributed by atoms with Gasteiger partial charge in [0.1, 0.15) is 12.4 Å². The maximum absolute atomic E-state index is 12.9. The van der Waals surface area contributed by atoms with Gasteiger partial charge in [0.05, 0.1) is 28.6 Å². The molecule has 0 radical (unpaired) electrons. The molecule has 0 unspecified atom stereocenters. The van der Waals surface area contributed by atoms with Crippen LogP contribution in [-0.2, 0) is 13.2 Å². The Balaban J connectivity index is 1.41. The van der Waals surface area contributed by atoms with Crippen molar-refractivity contribution in [2.24, 2.45) is 0 Å². The van der Waals surface area contributed by atoms with E-state index in [2.05, 4.69) is 51.5 Å². The van der Waals surface area contributed by atoms with Gasteiger partial charge >= 0.3 is 0 Å². The van der Waals surface area contributed by atoms with Crippen molar-refractivity contribution in [3.63, 3.8) is 0 Å². The first-order valence-corrected chi connectivity index (χ1v) is 12.0. The number of aryl methyl sites for hydroxylation is 2. The van der Waals surface area contributed by atoms with Crippen LogP contribution < -0.4 is 10.1 Å². The average Bonchev–Trinajstić information content (AvgIpc) is 3.06. The van der Waals surface area contributed by atoms with Crippen LogP contribution in [-0.4, -0.2) is 15.7 Å². The zero-order valence-corrected chi connectivity index (χ0v) is 21.6. The average molecular weight is 539 g/mol. The van der Waals surface area contributed by atoms with Gasteiger partial charge in [0.2, 0.25) is 0 Å². The number of anilines is 1. The van der Waals surface area contributed by atoms with Crippen LogP contribution in [0.25, 0.3) is 0 Å². The second-order valence-corrected chi connectivity index (χ2v) is 9.53. The van der Waals surface area contributed by atoms with Crippen LogP contribution in [0, 0.1) is 20.8 Å². The van der Waals surface area contributed by atoms with E-state index in [-0.39, 0.29) is 5.91 Å². The van der Waals surface area contributed by atoms with E-state index in [0.717, 1.165) is 27.1 Å². The van der Waals surface area contributed by atoms with Crippen molar-refractivity contribution in [1.82, 2.24) is 9.78 Å². The third-order valence-electron chi connectivity index (χ3n) is 5.54. The number of rotatable bonds is 7. The lowest BCUT2D eigenvalue weighted by Gasteiger charge is -2.10. The lowest BCUT2D eigenvalue weighted by atomic mass is 10.1. The van der Waals surface area contributed by atoms with Crippen LogP contribution in [0.1, 0.15) is 38.4 Å². The van der Waals surface area contributed by atoms with E-state index in [1.807, 2.05) is 48.9 Å². The Labute approximate surface area is 212 Å². The van der Waals surface area contributed by atoms with E-state index in [1.165, 1.54) is 11.1 Å². The van der Waals surface area contributed by atoms with E-state index in [1.54, 1.807) is 18.2 Å². The molecule has 4 aromatic rings.